The van der Waals surface area contributed by atoms with Gasteiger partial charge < -0.3 is 15.3 Å². The summed E-state index contributed by atoms with van der Waals surface area (Å²) in [5.41, 5.74) is -0.233. The van der Waals surface area contributed by atoms with Crippen LogP contribution in [0.5, 0.6) is 0 Å². The van der Waals surface area contributed by atoms with Crippen molar-refractivity contribution in [3.8, 4) is 0 Å². The zero-order valence-corrected chi connectivity index (χ0v) is 12.0. The number of carbonyl (C=O) groups excluding carboxylic acids is 2. The Hall–Kier alpha value is -1.36. The summed E-state index contributed by atoms with van der Waals surface area (Å²) in [6, 6.07) is 0. The molecule has 0 spiro atoms. The number of nitrogens with one attached hydrogen (secondary N) is 1. The SMILES string of the molecule is CC(=O)N1CCCC(O)(C(=O)NCCC=C(C)C)C1. The van der Waals surface area contributed by atoms with Crippen LogP contribution >= 0.6 is 0 Å². The summed E-state index contributed by atoms with van der Waals surface area (Å²) in [6.07, 6.45) is 3.84. The molecule has 108 valence electrons. The topological polar surface area (TPSA) is 69.6 Å². The average Bonchev–Trinajstić information content (AvgIpc) is 2.34. The smallest absolute Gasteiger partial charge is 0.253 e. The molecule has 1 aliphatic rings. The van der Waals surface area contributed by atoms with Crippen LogP contribution < -0.4 is 5.32 Å². The molecule has 0 aromatic carbocycles. The van der Waals surface area contributed by atoms with Crippen LogP contribution in [0.15, 0.2) is 11.6 Å². The number of allylic oxidation sites excluding steroid dienone is 1. The molecule has 1 heterocycles. The standard InChI is InChI=1S/C14H24N2O3/c1-11(2)6-4-8-15-13(18)14(19)7-5-9-16(10-14)12(3)17/h6,19H,4-5,7-10H2,1-3H3,(H,15,18). The number of β-amino-alcohol motifs (C(OH)–C–C–N with tert-alkyl or cyclic N) is 1. The van der Waals surface area contributed by atoms with E-state index in [4.69, 9.17) is 0 Å². The molecule has 0 saturated carbocycles. The van der Waals surface area contributed by atoms with Gasteiger partial charge >= 0.3 is 0 Å². The maximum absolute atomic E-state index is 12.0. The molecular weight excluding hydrogens is 244 g/mol. The first kappa shape index (κ1) is 15.7. The monoisotopic (exact) mass is 268 g/mol. The molecule has 2 amide bonds. The summed E-state index contributed by atoms with van der Waals surface area (Å²) >= 11 is 0. The van der Waals surface area contributed by atoms with Crippen molar-refractivity contribution < 1.29 is 14.7 Å². The van der Waals surface area contributed by atoms with Gasteiger partial charge in [0.2, 0.25) is 5.91 Å². The van der Waals surface area contributed by atoms with Crippen LogP contribution in [0.25, 0.3) is 0 Å². The summed E-state index contributed by atoms with van der Waals surface area (Å²) < 4.78 is 0. The molecule has 0 aromatic heterocycles. The van der Waals surface area contributed by atoms with E-state index in [0.717, 1.165) is 6.42 Å². The fraction of sp³-hybridized carbons (Fsp3) is 0.714. The van der Waals surface area contributed by atoms with E-state index in [0.29, 0.717) is 25.9 Å². The Labute approximate surface area is 114 Å². The van der Waals surface area contributed by atoms with Crippen molar-refractivity contribution in [2.45, 2.75) is 45.6 Å². The van der Waals surface area contributed by atoms with E-state index in [9.17, 15) is 14.7 Å². The van der Waals surface area contributed by atoms with Gasteiger partial charge in [0.15, 0.2) is 5.60 Å². The summed E-state index contributed by atoms with van der Waals surface area (Å²) in [5.74, 6) is -0.476. The number of hydrogen-bond donors (Lipinski definition) is 2. The number of rotatable bonds is 4. The lowest BCUT2D eigenvalue weighted by Gasteiger charge is -2.37. The number of amides is 2. The second-order valence-corrected chi connectivity index (χ2v) is 5.40. The molecule has 0 bridgehead atoms. The van der Waals surface area contributed by atoms with Gasteiger partial charge in [0.05, 0.1) is 6.54 Å². The van der Waals surface area contributed by atoms with Gasteiger partial charge in [-0.2, -0.15) is 0 Å². The van der Waals surface area contributed by atoms with Crippen LogP contribution in [0.1, 0.15) is 40.0 Å². The average molecular weight is 268 g/mol. The molecule has 0 aliphatic carbocycles. The predicted octanol–water partition coefficient (Wildman–Crippen LogP) is 0.832. The fourth-order valence-electron chi connectivity index (χ4n) is 2.20. The Bertz CT molecular complexity index is 375. The third-order valence-corrected chi connectivity index (χ3v) is 3.32. The van der Waals surface area contributed by atoms with Crippen LogP contribution in [0.4, 0.5) is 0 Å². The normalized spacial score (nSPS) is 22.8. The number of aliphatic hydroxyl groups is 1. The molecule has 5 heteroatoms. The van der Waals surface area contributed by atoms with Crippen molar-refractivity contribution >= 4 is 11.8 Å². The molecule has 1 aliphatic heterocycles. The molecule has 1 rings (SSSR count). The minimum absolute atomic E-state index is 0.0941. The Morgan fingerprint density at radius 1 is 1.37 bits per heavy atom. The number of nitrogens with zero attached hydrogens (tertiary/aromatic N) is 1. The summed E-state index contributed by atoms with van der Waals surface area (Å²) in [4.78, 5) is 24.9. The van der Waals surface area contributed by atoms with E-state index in [-0.39, 0.29) is 18.4 Å². The highest BCUT2D eigenvalue weighted by atomic mass is 16.3. The predicted molar refractivity (Wildman–Crippen MR) is 73.5 cm³/mol. The molecule has 5 nitrogen and oxygen atoms in total. The molecular formula is C14H24N2O3. The van der Waals surface area contributed by atoms with Gasteiger partial charge in [-0.1, -0.05) is 11.6 Å². The third-order valence-electron chi connectivity index (χ3n) is 3.32. The first-order chi connectivity index (χ1) is 8.85. The van der Waals surface area contributed by atoms with Crippen molar-refractivity contribution in [3.05, 3.63) is 11.6 Å². The van der Waals surface area contributed by atoms with Gasteiger partial charge in [0.25, 0.3) is 5.91 Å². The van der Waals surface area contributed by atoms with Crippen LogP contribution in [0.3, 0.4) is 0 Å². The number of likely N-dealkylation sites (tertiary alicyclic amines) is 1. The van der Waals surface area contributed by atoms with E-state index in [1.807, 2.05) is 19.9 Å². The van der Waals surface area contributed by atoms with E-state index in [1.54, 1.807) is 0 Å². The van der Waals surface area contributed by atoms with Gasteiger partial charge in [-0.15, -0.1) is 0 Å². The highest BCUT2D eigenvalue weighted by molar-refractivity contribution is 5.86. The lowest BCUT2D eigenvalue weighted by Crippen LogP contribution is -2.58. The van der Waals surface area contributed by atoms with Crippen molar-refractivity contribution in [1.29, 1.82) is 0 Å². The first-order valence-corrected chi connectivity index (χ1v) is 6.75. The zero-order chi connectivity index (χ0) is 14.5. The van der Waals surface area contributed by atoms with E-state index < -0.39 is 5.60 Å². The number of piperidine rings is 1. The van der Waals surface area contributed by atoms with E-state index >= 15 is 0 Å². The second kappa shape index (κ2) is 6.70. The Morgan fingerprint density at radius 3 is 2.63 bits per heavy atom. The van der Waals surface area contributed by atoms with Crippen LogP contribution in [0.2, 0.25) is 0 Å². The number of hydrogen-bond acceptors (Lipinski definition) is 3. The summed E-state index contributed by atoms with van der Waals surface area (Å²) in [6.45, 7) is 6.67. The molecule has 1 saturated heterocycles. The number of carbonyl (C=O) groups is 2. The minimum atomic E-state index is -1.44. The summed E-state index contributed by atoms with van der Waals surface area (Å²) in [7, 11) is 0. The molecule has 1 fully saturated rings. The second-order valence-electron chi connectivity index (χ2n) is 5.40. The molecule has 0 radical (unpaired) electrons. The van der Waals surface area contributed by atoms with Crippen molar-refractivity contribution in [2.75, 3.05) is 19.6 Å². The maximum atomic E-state index is 12.0. The summed E-state index contributed by atoms with van der Waals surface area (Å²) in [5, 5.41) is 13.1. The third kappa shape index (κ3) is 4.67. The van der Waals surface area contributed by atoms with Crippen molar-refractivity contribution in [1.82, 2.24) is 10.2 Å². The minimum Gasteiger partial charge on any atom is -0.378 e. The molecule has 0 aromatic rings. The van der Waals surface area contributed by atoms with Crippen LogP contribution in [0, 0.1) is 0 Å². The van der Waals surface area contributed by atoms with Gasteiger partial charge in [-0.3, -0.25) is 9.59 Å². The van der Waals surface area contributed by atoms with Crippen molar-refractivity contribution in [3.63, 3.8) is 0 Å². The van der Waals surface area contributed by atoms with Gasteiger partial charge in [-0.05, 0) is 33.1 Å². The Morgan fingerprint density at radius 2 is 2.05 bits per heavy atom. The van der Waals surface area contributed by atoms with Crippen LogP contribution in [-0.2, 0) is 9.59 Å². The van der Waals surface area contributed by atoms with Crippen molar-refractivity contribution in [2.24, 2.45) is 0 Å². The van der Waals surface area contributed by atoms with E-state index in [2.05, 4.69) is 5.32 Å². The molecule has 2 N–H and O–H groups in total. The van der Waals surface area contributed by atoms with Gasteiger partial charge in [0, 0.05) is 20.0 Å². The highest BCUT2D eigenvalue weighted by Gasteiger charge is 2.40. The zero-order valence-electron chi connectivity index (χ0n) is 12.0. The largest absolute Gasteiger partial charge is 0.378 e. The highest BCUT2D eigenvalue weighted by Crippen LogP contribution is 2.21. The molecule has 1 atom stereocenters. The van der Waals surface area contributed by atoms with Gasteiger partial charge in [0.1, 0.15) is 0 Å². The maximum Gasteiger partial charge on any atom is 0.253 e. The Kier molecular flexibility index (Phi) is 5.54. The molecule has 19 heavy (non-hydrogen) atoms. The fourth-order valence-corrected chi connectivity index (χ4v) is 2.20. The van der Waals surface area contributed by atoms with Crippen LogP contribution in [-0.4, -0.2) is 47.1 Å². The quantitative estimate of drug-likeness (QED) is 0.586. The van der Waals surface area contributed by atoms with Gasteiger partial charge in [-0.25, -0.2) is 0 Å². The lowest BCUT2D eigenvalue weighted by atomic mass is 9.92. The Balaban J connectivity index is 2.49. The van der Waals surface area contributed by atoms with E-state index in [1.165, 1.54) is 17.4 Å². The molecule has 1 unspecified atom stereocenters. The first-order valence-electron chi connectivity index (χ1n) is 6.75. The lowest BCUT2D eigenvalue weighted by molar-refractivity contribution is -0.150.